The van der Waals surface area contributed by atoms with Crippen molar-refractivity contribution >= 4 is 34.6 Å². The Morgan fingerprint density at radius 3 is 2.52 bits per heavy atom. The SMILES string of the molecule is CC(C)c1ccc(C(=O)NC(=S)NCc2cccs2)cc1. The number of hydrogen-bond donors (Lipinski definition) is 2. The molecule has 0 bridgehead atoms. The van der Waals surface area contributed by atoms with E-state index in [0.29, 0.717) is 23.1 Å². The molecule has 0 aliphatic carbocycles. The first-order valence-electron chi connectivity index (χ1n) is 6.78. The second kappa shape index (κ2) is 7.33. The number of carbonyl (C=O) groups excluding carboxylic acids is 1. The van der Waals surface area contributed by atoms with Crippen LogP contribution in [-0.2, 0) is 6.54 Å². The van der Waals surface area contributed by atoms with Crippen molar-refractivity contribution in [1.82, 2.24) is 10.6 Å². The molecule has 0 saturated heterocycles. The minimum absolute atomic E-state index is 0.186. The Morgan fingerprint density at radius 1 is 1.24 bits per heavy atom. The van der Waals surface area contributed by atoms with Crippen LogP contribution >= 0.6 is 23.6 Å². The van der Waals surface area contributed by atoms with Crippen LogP contribution in [0, 0.1) is 0 Å². The molecule has 110 valence electrons. The number of carbonyl (C=O) groups is 1. The minimum atomic E-state index is -0.186. The largest absolute Gasteiger partial charge is 0.357 e. The lowest BCUT2D eigenvalue weighted by Crippen LogP contribution is -2.38. The molecule has 2 rings (SSSR count). The molecule has 3 nitrogen and oxygen atoms in total. The number of benzene rings is 1. The number of nitrogens with one attached hydrogen (secondary N) is 2. The van der Waals surface area contributed by atoms with Gasteiger partial charge >= 0.3 is 0 Å². The van der Waals surface area contributed by atoms with Crippen LogP contribution in [0.2, 0.25) is 0 Å². The standard InChI is InChI=1S/C16H18N2OS2/c1-11(2)12-5-7-13(8-6-12)15(19)18-16(20)17-10-14-4-3-9-21-14/h3-9,11H,10H2,1-2H3,(H2,17,18,19,20). The summed E-state index contributed by atoms with van der Waals surface area (Å²) in [5.74, 6) is 0.268. The molecule has 0 fully saturated rings. The van der Waals surface area contributed by atoms with Gasteiger partial charge in [0.05, 0.1) is 6.54 Å². The predicted octanol–water partition coefficient (Wildman–Crippen LogP) is 3.68. The number of hydrogen-bond acceptors (Lipinski definition) is 3. The zero-order chi connectivity index (χ0) is 15.2. The van der Waals surface area contributed by atoms with Gasteiger partial charge in [0.15, 0.2) is 5.11 Å². The summed E-state index contributed by atoms with van der Waals surface area (Å²) < 4.78 is 0. The van der Waals surface area contributed by atoms with Gasteiger partial charge in [0.25, 0.3) is 5.91 Å². The first kappa shape index (κ1) is 15.7. The van der Waals surface area contributed by atoms with Crippen molar-refractivity contribution in [2.24, 2.45) is 0 Å². The Balaban J connectivity index is 1.86. The first-order valence-corrected chi connectivity index (χ1v) is 8.06. The molecule has 1 amide bonds. The molecular formula is C16H18N2OS2. The molecule has 1 aromatic carbocycles. The summed E-state index contributed by atoms with van der Waals surface area (Å²) in [6.07, 6.45) is 0. The van der Waals surface area contributed by atoms with Gasteiger partial charge in [0.2, 0.25) is 0 Å². The normalized spacial score (nSPS) is 10.4. The van der Waals surface area contributed by atoms with Gasteiger partial charge in [-0.3, -0.25) is 10.1 Å². The molecule has 0 aliphatic heterocycles. The van der Waals surface area contributed by atoms with E-state index in [-0.39, 0.29) is 5.91 Å². The fourth-order valence-electron chi connectivity index (χ4n) is 1.82. The Labute approximate surface area is 134 Å². The van der Waals surface area contributed by atoms with E-state index < -0.39 is 0 Å². The minimum Gasteiger partial charge on any atom is -0.357 e. The quantitative estimate of drug-likeness (QED) is 0.845. The first-order chi connectivity index (χ1) is 10.1. The predicted molar refractivity (Wildman–Crippen MR) is 91.8 cm³/mol. The highest BCUT2D eigenvalue weighted by Gasteiger charge is 2.08. The van der Waals surface area contributed by atoms with Gasteiger partial charge in [-0.15, -0.1) is 11.3 Å². The highest BCUT2D eigenvalue weighted by Crippen LogP contribution is 2.14. The van der Waals surface area contributed by atoms with Crippen molar-refractivity contribution in [2.45, 2.75) is 26.3 Å². The van der Waals surface area contributed by atoms with Crippen LogP contribution in [0.3, 0.4) is 0 Å². The van der Waals surface area contributed by atoms with E-state index in [4.69, 9.17) is 12.2 Å². The summed E-state index contributed by atoms with van der Waals surface area (Å²) >= 11 is 6.78. The number of thiophene rings is 1. The Kier molecular flexibility index (Phi) is 5.47. The highest BCUT2D eigenvalue weighted by atomic mass is 32.1. The maximum atomic E-state index is 12.1. The summed E-state index contributed by atoms with van der Waals surface area (Å²) in [6, 6.07) is 11.6. The van der Waals surface area contributed by atoms with E-state index in [0.717, 1.165) is 0 Å². The van der Waals surface area contributed by atoms with Crippen molar-refractivity contribution in [3.8, 4) is 0 Å². The molecule has 2 aromatic rings. The number of thiocarbonyl (C=S) groups is 1. The van der Waals surface area contributed by atoms with Gasteiger partial charge in [-0.2, -0.15) is 0 Å². The van der Waals surface area contributed by atoms with E-state index in [1.54, 1.807) is 11.3 Å². The molecule has 1 aromatic heterocycles. The van der Waals surface area contributed by atoms with Crippen molar-refractivity contribution in [3.63, 3.8) is 0 Å². The fourth-order valence-corrected chi connectivity index (χ4v) is 2.63. The zero-order valence-electron chi connectivity index (χ0n) is 12.1. The van der Waals surface area contributed by atoms with Gasteiger partial charge < -0.3 is 5.32 Å². The molecule has 0 saturated carbocycles. The molecule has 1 heterocycles. The van der Waals surface area contributed by atoms with E-state index >= 15 is 0 Å². The average molecular weight is 318 g/mol. The third-order valence-corrected chi connectivity index (χ3v) is 4.19. The molecule has 0 atom stereocenters. The summed E-state index contributed by atoms with van der Waals surface area (Å²) in [4.78, 5) is 13.2. The lowest BCUT2D eigenvalue weighted by Gasteiger charge is -2.10. The van der Waals surface area contributed by atoms with Crippen LogP contribution < -0.4 is 10.6 Å². The maximum absolute atomic E-state index is 12.1. The van der Waals surface area contributed by atoms with Gasteiger partial charge in [-0.05, 0) is 47.3 Å². The van der Waals surface area contributed by atoms with Gasteiger partial charge in [-0.25, -0.2) is 0 Å². The second-order valence-corrected chi connectivity index (χ2v) is 6.43. The molecule has 0 unspecified atom stereocenters. The lowest BCUT2D eigenvalue weighted by atomic mass is 10.0. The number of amides is 1. The average Bonchev–Trinajstić information content (AvgIpc) is 2.98. The molecule has 21 heavy (non-hydrogen) atoms. The summed E-state index contributed by atoms with van der Waals surface area (Å²) in [6.45, 7) is 4.88. The molecule has 5 heteroatoms. The third-order valence-electron chi connectivity index (χ3n) is 3.07. The summed E-state index contributed by atoms with van der Waals surface area (Å²) in [7, 11) is 0. The Bertz CT molecular complexity index is 604. The van der Waals surface area contributed by atoms with Crippen LogP contribution in [-0.4, -0.2) is 11.0 Å². The van der Waals surface area contributed by atoms with Crippen molar-refractivity contribution < 1.29 is 4.79 Å². The topological polar surface area (TPSA) is 41.1 Å². The zero-order valence-corrected chi connectivity index (χ0v) is 13.7. The van der Waals surface area contributed by atoms with Crippen molar-refractivity contribution in [3.05, 3.63) is 57.8 Å². The van der Waals surface area contributed by atoms with E-state index in [1.165, 1.54) is 10.4 Å². The molecule has 2 N–H and O–H groups in total. The van der Waals surface area contributed by atoms with E-state index in [1.807, 2.05) is 41.8 Å². The van der Waals surface area contributed by atoms with Crippen LogP contribution in [0.5, 0.6) is 0 Å². The van der Waals surface area contributed by atoms with Crippen LogP contribution in [0.15, 0.2) is 41.8 Å². The van der Waals surface area contributed by atoms with Crippen LogP contribution in [0.4, 0.5) is 0 Å². The van der Waals surface area contributed by atoms with Crippen LogP contribution in [0.1, 0.15) is 40.6 Å². The molecule has 0 radical (unpaired) electrons. The fraction of sp³-hybridized carbons (Fsp3) is 0.250. The van der Waals surface area contributed by atoms with Crippen LogP contribution in [0.25, 0.3) is 0 Å². The summed E-state index contributed by atoms with van der Waals surface area (Å²) in [5, 5.41) is 8.08. The van der Waals surface area contributed by atoms with E-state index in [2.05, 4.69) is 24.5 Å². The van der Waals surface area contributed by atoms with Crippen molar-refractivity contribution in [2.75, 3.05) is 0 Å². The molecule has 0 spiro atoms. The van der Waals surface area contributed by atoms with Gasteiger partial charge in [0, 0.05) is 10.4 Å². The molecule has 0 aliphatic rings. The Hall–Kier alpha value is -1.72. The monoisotopic (exact) mass is 318 g/mol. The smallest absolute Gasteiger partial charge is 0.257 e. The van der Waals surface area contributed by atoms with E-state index in [9.17, 15) is 4.79 Å². The van der Waals surface area contributed by atoms with Gasteiger partial charge in [-0.1, -0.05) is 32.0 Å². The third kappa shape index (κ3) is 4.65. The molecular weight excluding hydrogens is 300 g/mol. The number of rotatable bonds is 4. The highest BCUT2D eigenvalue weighted by molar-refractivity contribution is 7.80. The van der Waals surface area contributed by atoms with Crippen molar-refractivity contribution in [1.29, 1.82) is 0 Å². The maximum Gasteiger partial charge on any atom is 0.257 e. The lowest BCUT2D eigenvalue weighted by molar-refractivity contribution is 0.0976. The summed E-state index contributed by atoms with van der Waals surface area (Å²) in [5.41, 5.74) is 1.82. The van der Waals surface area contributed by atoms with Gasteiger partial charge in [0.1, 0.15) is 0 Å². The second-order valence-electron chi connectivity index (χ2n) is 4.99. The Morgan fingerprint density at radius 2 is 1.95 bits per heavy atom.